The van der Waals surface area contributed by atoms with Gasteiger partial charge in [-0.2, -0.15) is 5.10 Å². The van der Waals surface area contributed by atoms with Crippen LogP contribution in [0, 0.1) is 0 Å². The predicted molar refractivity (Wildman–Crippen MR) is 60.5 cm³/mol. The fourth-order valence-corrected chi connectivity index (χ4v) is 1.74. The number of rotatable bonds is 2. The SMILES string of the molecule is CCc1nnc(Cl)c2ccc(OC)cc12. The van der Waals surface area contributed by atoms with Gasteiger partial charge in [0.2, 0.25) is 0 Å². The molecule has 0 atom stereocenters. The Balaban J connectivity index is 2.77. The number of hydrogen-bond acceptors (Lipinski definition) is 3. The van der Waals surface area contributed by atoms with E-state index in [4.69, 9.17) is 16.3 Å². The number of ether oxygens (including phenoxy) is 1. The van der Waals surface area contributed by atoms with E-state index in [0.29, 0.717) is 5.15 Å². The molecule has 0 aliphatic heterocycles. The Labute approximate surface area is 93.0 Å². The van der Waals surface area contributed by atoms with Gasteiger partial charge >= 0.3 is 0 Å². The monoisotopic (exact) mass is 222 g/mol. The fraction of sp³-hybridized carbons (Fsp3) is 0.273. The van der Waals surface area contributed by atoms with E-state index in [1.165, 1.54) is 0 Å². The van der Waals surface area contributed by atoms with Crippen LogP contribution in [-0.2, 0) is 6.42 Å². The van der Waals surface area contributed by atoms with Gasteiger partial charge in [0.25, 0.3) is 0 Å². The normalized spacial score (nSPS) is 10.6. The number of hydrogen-bond donors (Lipinski definition) is 0. The molecule has 0 radical (unpaired) electrons. The van der Waals surface area contributed by atoms with Crippen LogP contribution in [0.5, 0.6) is 5.75 Å². The summed E-state index contributed by atoms with van der Waals surface area (Å²) >= 11 is 5.97. The van der Waals surface area contributed by atoms with E-state index in [2.05, 4.69) is 10.2 Å². The molecule has 78 valence electrons. The lowest BCUT2D eigenvalue weighted by Gasteiger charge is -2.06. The van der Waals surface area contributed by atoms with Crippen molar-refractivity contribution >= 4 is 22.4 Å². The maximum Gasteiger partial charge on any atom is 0.159 e. The molecule has 0 saturated heterocycles. The zero-order valence-corrected chi connectivity index (χ0v) is 9.38. The standard InChI is InChI=1S/C11H11ClN2O/c1-3-10-9-6-7(15-2)4-5-8(9)11(12)14-13-10/h4-6H,3H2,1-2H3. The van der Waals surface area contributed by atoms with E-state index in [-0.39, 0.29) is 0 Å². The Bertz CT molecular complexity index is 499. The van der Waals surface area contributed by atoms with Crippen LogP contribution < -0.4 is 4.74 Å². The largest absolute Gasteiger partial charge is 0.497 e. The first-order chi connectivity index (χ1) is 7.26. The Morgan fingerprint density at radius 1 is 1.27 bits per heavy atom. The number of aryl methyl sites for hydroxylation is 1. The number of nitrogens with zero attached hydrogens (tertiary/aromatic N) is 2. The summed E-state index contributed by atoms with van der Waals surface area (Å²) in [6.07, 6.45) is 0.827. The second kappa shape index (κ2) is 4.03. The van der Waals surface area contributed by atoms with E-state index in [1.807, 2.05) is 25.1 Å². The smallest absolute Gasteiger partial charge is 0.159 e. The topological polar surface area (TPSA) is 35.0 Å². The van der Waals surface area contributed by atoms with Crippen molar-refractivity contribution in [1.82, 2.24) is 10.2 Å². The van der Waals surface area contributed by atoms with Crippen molar-refractivity contribution in [3.05, 3.63) is 29.0 Å². The molecule has 0 aliphatic rings. The van der Waals surface area contributed by atoms with Crippen molar-refractivity contribution in [2.45, 2.75) is 13.3 Å². The number of methoxy groups -OCH3 is 1. The summed E-state index contributed by atoms with van der Waals surface area (Å²) < 4.78 is 5.17. The molecule has 1 heterocycles. The zero-order valence-electron chi connectivity index (χ0n) is 8.62. The molecular weight excluding hydrogens is 212 g/mol. The molecule has 0 aliphatic carbocycles. The van der Waals surface area contributed by atoms with Gasteiger partial charge in [-0.3, -0.25) is 0 Å². The first-order valence-electron chi connectivity index (χ1n) is 4.75. The van der Waals surface area contributed by atoms with Gasteiger partial charge in [0.05, 0.1) is 12.8 Å². The quantitative estimate of drug-likeness (QED) is 0.784. The number of aromatic nitrogens is 2. The molecule has 0 spiro atoms. The van der Waals surface area contributed by atoms with Crippen LogP contribution in [0.25, 0.3) is 10.8 Å². The molecule has 3 nitrogen and oxygen atoms in total. The molecule has 1 aromatic heterocycles. The number of fused-ring (bicyclic) bond motifs is 1. The summed E-state index contributed by atoms with van der Waals surface area (Å²) in [6.45, 7) is 2.04. The second-order valence-electron chi connectivity index (χ2n) is 3.20. The highest BCUT2D eigenvalue weighted by molar-refractivity contribution is 6.34. The molecule has 4 heteroatoms. The summed E-state index contributed by atoms with van der Waals surface area (Å²) in [5, 5.41) is 10.3. The van der Waals surface area contributed by atoms with Crippen molar-refractivity contribution < 1.29 is 4.74 Å². The Hall–Kier alpha value is -1.35. The van der Waals surface area contributed by atoms with E-state index in [9.17, 15) is 0 Å². The summed E-state index contributed by atoms with van der Waals surface area (Å²) in [4.78, 5) is 0. The van der Waals surface area contributed by atoms with Gasteiger partial charge in [0.1, 0.15) is 5.75 Å². The van der Waals surface area contributed by atoms with Crippen LogP contribution in [0.1, 0.15) is 12.6 Å². The van der Waals surface area contributed by atoms with Crippen molar-refractivity contribution in [2.75, 3.05) is 7.11 Å². The lowest BCUT2D eigenvalue weighted by molar-refractivity contribution is 0.415. The fourth-order valence-electron chi connectivity index (χ4n) is 1.54. The molecule has 0 fully saturated rings. The van der Waals surface area contributed by atoms with Gasteiger partial charge in [0.15, 0.2) is 5.15 Å². The Morgan fingerprint density at radius 3 is 2.73 bits per heavy atom. The molecule has 0 N–H and O–H groups in total. The molecule has 0 bridgehead atoms. The Kier molecular flexibility index (Phi) is 2.73. The first-order valence-corrected chi connectivity index (χ1v) is 5.13. The molecule has 0 amide bonds. The van der Waals surface area contributed by atoms with Crippen LogP contribution in [0.2, 0.25) is 5.15 Å². The van der Waals surface area contributed by atoms with Crippen molar-refractivity contribution in [2.24, 2.45) is 0 Å². The molecule has 1 aromatic carbocycles. The second-order valence-corrected chi connectivity index (χ2v) is 3.56. The van der Waals surface area contributed by atoms with Crippen LogP contribution in [0.4, 0.5) is 0 Å². The maximum atomic E-state index is 5.97. The van der Waals surface area contributed by atoms with E-state index >= 15 is 0 Å². The van der Waals surface area contributed by atoms with Gasteiger partial charge in [-0.25, -0.2) is 0 Å². The van der Waals surface area contributed by atoms with Crippen molar-refractivity contribution in [1.29, 1.82) is 0 Å². The van der Waals surface area contributed by atoms with Gasteiger partial charge < -0.3 is 4.74 Å². The van der Waals surface area contributed by atoms with Crippen LogP contribution in [0.15, 0.2) is 18.2 Å². The maximum absolute atomic E-state index is 5.97. The minimum atomic E-state index is 0.435. The van der Waals surface area contributed by atoms with Crippen molar-refractivity contribution in [3.8, 4) is 5.75 Å². The number of benzene rings is 1. The average Bonchev–Trinajstić information content (AvgIpc) is 2.29. The summed E-state index contributed by atoms with van der Waals surface area (Å²) in [7, 11) is 1.64. The van der Waals surface area contributed by atoms with Crippen LogP contribution >= 0.6 is 11.6 Å². The number of halogens is 1. The minimum absolute atomic E-state index is 0.435. The molecule has 2 aromatic rings. The third kappa shape index (κ3) is 1.75. The highest BCUT2D eigenvalue weighted by Crippen LogP contribution is 2.27. The lowest BCUT2D eigenvalue weighted by Crippen LogP contribution is -1.94. The molecule has 2 rings (SSSR count). The summed E-state index contributed by atoms with van der Waals surface area (Å²) in [5.41, 5.74) is 0.938. The van der Waals surface area contributed by atoms with Gasteiger partial charge in [-0.15, -0.1) is 5.10 Å². The van der Waals surface area contributed by atoms with E-state index < -0.39 is 0 Å². The first kappa shape index (κ1) is 10.2. The van der Waals surface area contributed by atoms with Crippen LogP contribution in [0.3, 0.4) is 0 Å². The molecule has 0 saturated carbocycles. The van der Waals surface area contributed by atoms with E-state index in [1.54, 1.807) is 7.11 Å². The minimum Gasteiger partial charge on any atom is -0.497 e. The lowest BCUT2D eigenvalue weighted by atomic mass is 10.1. The summed E-state index contributed by atoms with van der Waals surface area (Å²) in [6, 6.07) is 5.72. The van der Waals surface area contributed by atoms with E-state index in [0.717, 1.165) is 28.6 Å². The highest BCUT2D eigenvalue weighted by atomic mass is 35.5. The van der Waals surface area contributed by atoms with Gasteiger partial charge in [-0.1, -0.05) is 18.5 Å². The average molecular weight is 223 g/mol. The summed E-state index contributed by atoms with van der Waals surface area (Å²) in [5.74, 6) is 0.807. The Morgan fingerprint density at radius 2 is 2.07 bits per heavy atom. The highest BCUT2D eigenvalue weighted by Gasteiger charge is 2.07. The molecule has 0 unspecified atom stereocenters. The third-order valence-electron chi connectivity index (χ3n) is 2.35. The third-order valence-corrected chi connectivity index (χ3v) is 2.63. The molecular formula is C11H11ClN2O. The van der Waals surface area contributed by atoms with Crippen LogP contribution in [-0.4, -0.2) is 17.3 Å². The van der Waals surface area contributed by atoms with Gasteiger partial charge in [0, 0.05) is 10.8 Å². The zero-order chi connectivity index (χ0) is 10.8. The molecule has 15 heavy (non-hydrogen) atoms. The predicted octanol–water partition coefficient (Wildman–Crippen LogP) is 2.85. The van der Waals surface area contributed by atoms with Gasteiger partial charge in [-0.05, 0) is 24.6 Å². The van der Waals surface area contributed by atoms with Crippen molar-refractivity contribution in [3.63, 3.8) is 0 Å².